The minimum atomic E-state index is -3.50. The third kappa shape index (κ3) is 5.44. The summed E-state index contributed by atoms with van der Waals surface area (Å²) in [6.07, 6.45) is 1.58. The van der Waals surface area contributed by atoms with Gasteiger partial charge < -0.3 is 4.42 Å². The highest BCUT2D eigenvalue weighted by Crippen LogP contribution is 2.17. The zero-order valence-electron chi connectivity index (χ0n) is 12.8. The van der Waals surface area contributed by atoms with E-state index in [2.05, 4.69) is 4.72 Å². The van der Waals surface area contributed by atoms with Crippen LogP contribution >= 0.6 is 0 Å². The molecule has 0 aliphatic heterocycles. The van der Waals surface area contributed by atoms with Gasteiger partial charge in [0.1, 0.15) is 5.76 Å². The molecule has 1 aromatic rings. The summed E-state index contributed by atoms with van der Waals surface area (Å²) in [6.45, 7) is 6.72. The number of furan rings is 1. The monoisotopic (exact) mass is 337 g/mol. The second-order valence-electron chi connectivity index (χ2n) is 5.93. The number of hydrogen-bond donors (Lipinski definition) is 1. The van der Waals surface area contributed by atoms with Gasteiger partial charge in [-0.2, -0.15) is 0 Å². The van der Waals surface area contributed by atoms with Crippen molar-refractivity contribution in [2.45, 2.75) is 45.4 Å². The third-order valence-electron chi connectivity index (χ3n) is 3.21. The van der Waals surface area contributed by atoms with Gasteiger partial charge >= 0.3 is 0 Å². The van der Waals surface area contributed by atoms with Crippen molar-refractivity contribution in [3.05, 3.63) is 23.7 Å². The zero-order chi connectivity index (χ0) is 16.3. The molecule has 0 unspecified atom stereocenters. The molecule has 6 nitrogen and oxygen atoms in total. The van der Waals surface area contributed by atoms with Crippen LogP contribution in [0.25, 0.3) is 0 Å². The van der Waals surface area contributed by atoms with E-state index in [0.717, 1.165) is 5.56 Å². The van der Waals surface area contributed by atoms with E-state index in [4.69, 9.17) is 4.42 Å². The Kier molecular flexibility index (Phi) is 5.63. The van der Waals surface area contributed by atoms with Crippen molar-refractivity contribution in [2.75, 3.05) is 11.5 Å². The maximum Gasteiger partial charge on any atom is 0.211 e. The van der Waals surface area contributed by atoms with E-state index in [1.54, 1.807) is 33.8 Å². The molecule has 1 N–H and O–H groups in total. The van der Waals surface area contributed by atoms with Gasteiger partial charge in [0.25, 0.3) is 0 Å². The van der Waals surface area contributed by atoms with Crippen molar-refractivity contribution in [3.8, 4) is 0 Å². The summed E-state index contributed by atoms with van der Waals surface area (Å²) in [5.74, 6) is 0.314. The first-order valence-electron chi connectivity index (χ1n) is 6.67. The number of sulfone groups is 1. The minimum absolute atomic E-state index is 0.0826. The van der Waals surface area contributed by atoms with Crippen LogP contribution in [0.2, 0.25) is 0 Å². The normalized spacial score (nSPS) is 13.5. The number of hydrogen-bond acceptors (Lipinski definition) is 5. The molecule has 1 aromatic heterocycles. The maximum absolute atomic E-state index is 11.9. The molecule has 21 heavy (non-hydrogen) atoms. The van der Waals surface area contributed by atoms with Crippen LogP contribution in [0.5, 0.6) is 0 Å². The minimum Gasteiger partial charge on any atom is -0.469 e. The van der Waals surface area contributed by atoms with Crippen LogP contribution in [0.1, 0.15) is 38.5 Å². The average molecular weight is 337 g/mol. The molecule has 0 bridgehead atoms. The second kappa shape index (κ2) is 6.50. The standard InChI is InChI=1S/C13H23NO5S2/c1-11-12(6-7-19-11)10-14-21(17,18)9-5-8-20(15,16)13(2,3)4/h6-7,14H,5,8-10H2,1-4H3. The van der Waals surface area contributed by atoms with Crippen molar-refractivity contribution >= 4 is 19.9 Å². The van der Waals surface area contributed by atoms with E-state index in [1.165, 1.54) is 6.26 Å². The summed E-state index contributed by atoms with van der Waals surface area (Å²) in [7, 11) is -6.79. The van der Waals surface area contributed by atoms with E-state index >= 15 is 0 Å². The van der Waals surface area contributed by atoms with Crippen LogP contribution in [-0.4, -0.2) is 33.1 Å². The topological polar surface area (TPSA) is 93.4 Å². The predicted molar refractivity (Wildman–Crippen MR) is 82.2 cm³/mol. The molecule has 1 heterocycles. The van der Waals surface area contributed by atoms with Crippen molar-refractivity contribution < 1.29 is 21.3 Å². The van der Waals surface area contributed by atoms with E-state index in [-0.39, 0.29) is 24.5 Å². The smallest absolute Gasteiger partial charge is 0.211 e. The molecule has 0 saturated heterocycles. The molecule has 0 aromatic carbocycles. The van der Waals surface area contributed by atoms with Crippen LogP contribution in [0.4, 0.5) is 0 Å². The molecule has 0 fully saturated rings. The molecule has 0 amide bonds. The van der Waals surface area contributed by atoms with Gasteiger partial charge in [-0.1, -0.05) is 0 Å². The Hall–Kier alpha value is -0.860. The molecular weight excluding hydrogens is 314 g/mol. The van der Waals surface area contributed by atoms with Gasteiger partial charge in [0.2, 0.25) is 10.0 Å². The first kappa shape index (κ1) is 18.2. The molecule has 0 radical (unpaired) electrons. The fourth-order valence-corrected chi connectivity index (χ4v) is 3.96. The SMILES string of the molecule is Cc1occc1CNS(=O)(=O)CCCS(=O)(=O)C(C)(C)C. The Morgan fingerprint density at radius 3 is 2.24 bits per heavy atom. The van der Waals surface area contributed by atoms with Gasteiger partial charge in [-0.05, 0) is 40.2 Å². The van der Waals surface area contributed by atoms with Gasteiger partial charge in [0.05, 0.1) is 22.5 Å². The molecule has 0 spiro atoms. The predicted octanol–water partition coefficient (Wildman–Crippen LogP) is 1.61. The first-order valence-corrected chi connectivity index (χ1v) is 9.98. The zero-order valence-corrected chi connectivity index (χ0v) is 14.5. The highest BCUT2D eigenvalue weighted by atomic mass is 32.2. The number of rotatable bonds is 7. The molecule has 1 rings (SSSR count). The molecule has 0 aliphatic carbocycles. The fourth-order valence-electron chi connectivity index (χ4n) is 1.60. The molecule has 0 atom stereocenters. The second-order valence-corrected chi connectivity index (χ2v) is 10.7. The van der Waals surface area contributed by atoms with Crippen molar-refractivity contribution in [1.82, 2.24) is 4.72 Å². The van der Waals surface area contributed by atoms with Crippen molar-refractivity contribution in [1.29, 1.82) is 0 Å². The number of nitrogens with one attached hydrogen (secondary N) is 1. The third-order valence-corrected chi connectivity index (χ3v) is 7.31. The first-order chi connectivity index (χ1) is 9.45. The van der Waals surface area contributed by atoms with Gasteiger partial charge in [0, 0.05) is 12.1 Å². The van der Waals surface area contributed by atoms with Crippen LogP contribution in [0, 0.1) is 6.92 Å². The summed E-state index contributed by atoms with van der Waals surface area (Å²) in [4.78, 5) is 0. The highest BCUT2D eigenvalue weighted by molar-refractivity contribution is 7.92. The summed E-state index contributed by atoms with van der Waals surface area (Å²) in [6, 6.07) is 1.70. The largest absolute Gasteiger partial charge is 0.469 e. The van der Waals surface area contributed by atoms with Crippen LogP contribution < -0.4 is 4.72 Å². The summed E-state index contributed by atoms with van der Waals surface area (Å²) >= 11 is 0. The lowest BCUT2D eigenvalue weighted by Gasteiger charge is -2.18. The lowest BCUT2D eigenvalue weighted by molar-refractivity contribution is 0.528. The lowest BCUT2D eigenvalue weighted by Crippen LogP contribution is -2.32. The van der Waals surface area contributed by atoms with Crippen molar-refractivity contribution in [2.24, 2.45) is 0 Å². The van der Waals surface area contributed by atoms with E-state index < -0.39 is 24.6 Å². The van der Waals surface area contributed by atoms with E-state index in [9.17, 15) is 16.8 Å². The van der Waals surface area contributed by atoms with E-state index in [1.807, 2.05) is 0 Å². The molecule has 8 heteroatoms. The summed E-state index contributed by atoms with van der Waals surface area (Å²) in [5, 5.41) is 0. The van der Waals surface area contributed by atoms with Crippen LogP contribution in [0.15, 0.2) is 16.7 Å². The Balaban J connectivity index is 2.49. The molecular formula is C13H23NO5S2. The average Bonchev–Trinajstić information content (AvgIpc) is 2.70. The molecule has 122 valence electrons. The van der Waals surface area contributed by atoms with Gasteiger partial charge in [0.15, 0.2) is 9.84 Å². The Morgan fingerprint density at radius 1 is 1.14 bits per heavy atom. The maximum atomic E-state index is 11.9. The number of aryl methyl sites for hydroxylation is 1. The van der Waals surface area contributed by atoms with Crippen LogP contribution in [-0.2, 0) is 26.4 Å². The highest BCUT2D eigenvalue weighted by Gasteiger charge is 2.28. The van der Waals surface area contributed by atoms with Crippen molar-refractivity contribution in [3.63, 3.8) is 0 Å². The number of sulfonamides is 1. The van der Waals surface area contributed by atoms with Gasteiger partial charge in [-0.15, -0.1) is 0 Å². The van der Waals surface area contributed by atoms with Crippen LogP contribution in [0.3, 0.4) is 0 Å². The Labute approximate surface area is 126 Å². The lowest BCUT2D eigenvalue weighted by atomic mass is 10.3. The Bertz CT molecular complexity index is 666. The van der Waals surface area contributed by atoms with Gasteiger partial charge in [-0.25, -0.2) is 21.6 Å². The fraction of sp³-hybridized carbons (Fsp3) is 0.692. The summed E-state index contributed by atoms with van der Waals surface area (Å²) < 4.78 is 54.1. The quantitative estimate of drug-likeness (QED) is 0.816. The van der Waals surface area contributed by atoms with E-state index in [0.29, 0.717) is 5.76 Å². The Morgan fingerprint density at radius 2 is 1.76 bits per heavy atom. The van der Waals surface area contributed by atoms with Gasteiger partial charge in [-0.3, -0.25) is 0 Å². The summed E-state index contributed by atoms with van der Waals surface area (Å²) in [5.41, 5.74) is 0.765. The molecule has 0 aliphatic rings. The molecule has 0 saturated carbocycles.